The Kier molecular flexibility index (Phi) is 2.71. The molecule has 2 heterocycles. The van der Waals surface area contributed by atoms with Crippen molar-refractivity contribution in [2.24, 2.45) is 5.92 Å². The van der Waals surface area contributed by atoms with Gasteiger partial charge in [0, 0.05) is 51.4 Å². The van der Waals surface area contributed by atoms with Gasteiger partial charge in [-0.1, -0.05) is 0 Å². The second kappa shape index (κ2) is 4.04. The third-order valence-electron chi connectivity index (χ3n) is 4.51. The van der Waals surface area contributed by atoms with Crippen LogP contribution in [0.25, 0.3) is 0 Å². The molecule has 2 saturated heterocycles. The maximum atomic E-state index is 3.37. The smallest absolute Gasteiger partial charge is 0.0346 e. The number of hydrogen-bond donors (Lipinski definition) is 1. The molecule has 0 bridgehead atoms. The highest BCUT2D eigenvalue weighted by Crippen LogP contribution is 2.35. The third kappa shape index (κ3) is 2.05. The van der Waals surface area contributed by atoms with Crippen LogP contribution in [0.4, 0.5) is 0 Å². The Morgan fingerprint density at radius 1 is 1.07 bits per heavy atom. The van der Waals surface area contributed by atoms with Crippen LogP contribution < -0.4 is 5.32 Å². The summed E-state index contributed by atoms with van der Waals surface area (Å²) in [5.74, 6) is 1.03. The highest BCUT2D eigenvalue weighted by Gasteiger charge is 2.34. The van der Waals surface area contributed by atoms with Crippen LogP contribution in [0.5, 0.6) is 0 Å². The van der Waals surface area contributed by atoms with E-state index in [4.69, 9.17) is 0 Å². The van der Waals surface area contributed by atoms with Crippen molar-refractivity contribution in [1.29, 1.82) is 0 Å². The van der Waals surface area contributed by atoms with Gasteiger partial charge in [-0.25, -0.2) is 0 Å². The lowest BCUT2D eigenvalue weighted by atomic mass is 10.1. The molecular formula is C12H23N3. The van der Waals surface area contributed by atoms with Crippen molar-refractivity contribution in [3.05, 3.63) is 0 Å². The first-order chi connectivity index (χ1) is 7.34. The minimum absolute atomic E-state index is 0.850. The highest BCUT2D eigenvalue weighted by molar-refractivity contribution is 4.91. The van der Waals surface area contributed by atoms with Gasteiger partial charge in [-0.3, -0.25) is 9.80 Å². The van der Waals surface area contributed by atoms with Gasteiger partial charge in [-0.2, -0.15) is 0 Å². The molecule has 3 nitrogen and oxygen atoms in total. The van der Waals surface area contributed by atoms with Gasteiger partial charge < -0.3 is 5.32 Å². The van der Waals surface area contributed by atoms with Crippen LogP contribution in [0.3, 0.4) is 0 Å². The van der Waals surface area contributed by atoms with E-state index >= 15 is 0 Å². The molecule has 3 aliphatic rings. The van der Waals surface area contributed by atoms with Crippen molar-refractivity contribution in [2.45, 2.75) is 31.8 Å². The van der Waals surface area contributed by atoms with E-state index in [0.29, 0.717) is 0 Å². The molecule has 0 radical (unpaired) electrons. The van der Waals surface area contributed by atoms with Gasteiger partial charge in [0.05, 0.1) is 0 Å². The van der Waals surface area contributed by atoms with E-state index in [1.165, 1.54) is 52.1 Å². The molecule has 3 heteroatoms. The predicted octanol–water partition coefficient (Wildman–Crippen LogP) is 0.374. The fourth-order valence-electron chi connectivity index (χ4n) is 2.92. The van der Waals surface area contributed by atoms with Crippen LogP contribution in [0.15, 0.2) is 0 Å². The molecule has 15 heavy (non-hydrogen) atoms. The molecule has 1 saturated carbocycles. The van der Waals surface area contributed by atoms with Crippen molar-refractivity contribution in [3.8, 4) is 0 Å². The summed E-state index contributed by atoms with van der Waals surface area (Å²) in [7, 11) is 0. The third-order valence-corrected chi connectivity index (χ3v) is 4.51. The maximum absolute atomic E-state index is 3.37. The number of piperazine rings is 1. The van der Waals surface area contributed by atoms with Gasteiger partial charge in [-0.15, -0.1) is 0 Å². The Balaban J connectivity index is 1.46. The fraction of sp³-hybridized carbons (Fsp3) is 1.00. The van der Waals surface area contributed by atoms with Crippen molar-refractivity contribution in [1.82, 2.24) is 15.1 Å². The lowest BCUT2D eigenvalue weighted by Crippen LogP contribution is -2.62. The maximum Gasteiger partial charge on any atom is 0.0346 e. The molecule has 3 rings (SSSR count). The van der Waals surface area contributed by atoms with E-state index in [2.05, 4.69) is 22.0 Å². The summed E-state index contributed by atoms with van der Waals surface area (Å²) in [6.07, 6.45) is 2.96. The Bertz CT molecular complexity index is 215. The summed E-state index contributed by atoms with van der Waals surface area (Å²) in [6, 6.07) is 1.70. The molecular weight excluding hydrogens is 186 g/mol. The molecule has 1 aliphatic carbocycles. The first-order valence-electron chi connectivity index (χ1n) is 6.53. The first-order valence-corrected chi connectivity index (χ1v) is 6.53. The van der Waals surface area contributed by atoms with Crippen molar-refractivity contribution >= 4 is 0 Å². The van der Waals surface area contributed by atoms with E-state index < -0.39 is 0 Å². The highest BCUT2D eigenvalue weighted by atomic mass is 15.3. The zero-order chi connectivity index (χ0) is 10.3. The largest absolute Gasteiger partial charge is 0.314 e. The lowest BCUT2D eigenvalue weighted by molar-refractivity contribution is 0.0506. The van der Waals surface area contributed by atoms with Gasteiger partial charge in [-0.05, 0) is 25.7 Å². The van der Waals surface area contributed by atoms with Gasteiger partial charge in [0.25, 0.3) is 0 Å². The minimum Gasteiger partial charge on any atom is -0.314 e. The van der Waals surface area contributed by atoms with Crippen LogP contribution >= 0.6 is 0 Å². The summed E-state index contributed by atoms with van der Waals surface area (Å²) in [6.45, 7) is 10.1. The molecule has 1 unspecified atom stereocenters. The first kappa shape index (κ1) is 10.1. The number of nitrogens with zero attached hydrogens (tertiary/aromatic N) is 2. The van der Waals surface area contributed by atoms with E-state index in [1.807, 2.05) is 0 Å². The van der Waals surface area contributed by atoms with Crippen molar-refractivity contribution in [3.63, 3.8) is 0 Å². The Hall–Kier alpha value is -0.120. The quantitative estimate of drug-likeness (QED) is 0.725. The van der Waals surface area contributed by atoms with Crippen LogP contribution in [-0.2, 0) is 0 Å². The van der Waals surface area contributed by atoms with Gasteiger partial charge in [0.15, 0.2) is 0 Å². The van der Waals surface area contributed by atoms with Gasteiger partial charge in [0.2, 0.25) is 0 Å². The Morgan fingerprint density at radius 3 is 2.20 bits per heavy atom. The average Bonchev–Trinajstić information content (AvgIpc) is 2.98. The summed E-state index contributed by atoms with van der Waals surface area (Å²) < 4.78 is 0. The second-order valence-corrected chi connectivity index (χ2v) is 5.46. The normalized spacial score (nSPS) is 32.6. The van der Waals surface area contributed by atoms with E-state index in [0.717, 1.165) is 18.0 Å². The summed E-state index contributed by atoms with van der Waals surface area (Å²) in [5, 5.41) is 3.37. The zero-order valence-electron chi connectivity index (χ0n) is 9.78. The topological polar surface area (TPSA) is 18.5 Å². The zero-order valence-corrected chi connectivity index (χ0v) is 9.78. The van der Waals surface area contributed by atoms with E-state index in [9.17, 15) is 0 Å². The van der Waals surface area contributed by atoms with Crippen LogP contribution in [0, 0.1) is 5.92 Å². The van der Waals surface area contributed by atoms with Crippen molar-refractivity contribution in [2.75, 3.05) is 39.3 Å². The van der Waals surface area contributed by atoms with Crippen molar-refractivity contribution < 1.29 is 0 Å². The molecule has 86 valence electrons. The lowest BCUT2D eigenvalue weighted by Gasteiger charge is -2.44. The van der Waals surface area contributed by atoms with E-state index in [1.54, 1.807) is 0 Å². The number of hydrogen-bond acceptors (Lipinski definition) is 3. The van der Waals surface area contributed by atoms with Crippen LogP contribution in [0.1, 0.15) is 19.8 Å². The van der Waals surface area contributed by atoms with Gasteiger partial charge >= 0.3 is 0 Å². The summed E-state index contributed by atoms with van der Waals surface area (Å²) in [5.41, 5.74) is 0. The molecule has 1 atom stereocenters. The molecule has 0 aromatic carbocycles. The molecule has 0 spiro atoms. The standard InChI is InChI=1S/C12H23N3/c1-10(11-2-3-11)14-4-6-15(7-5-14)12-8-13-9-12/h10-13H,2-9H2,1H3. The minimum atomic E-state index is 0.850. The van der Waals surface area contributed by atoms with Gasteiger partial charge in [0.1, 0.15) is 0 Å². The Morgan fingerprint density at radius 2 is 1.73 bits per heavy atom. The van der Waals surface area contributed by atoms with Crippen LogP contribution in [-0.4, -0.2) is 61.2 Å². The molecule has 0 aromatic rings. The van der Waals surface area contributed by atoms with Crippen LogP contribution in [0.2, 0.25) is 0 Å². The second-order valence-electron chi connectivity index (χ2n) is 5.46. The fourth-order valence-corrected chi connectivity index (χ4v) is 2.92. The number of nitrogens with one attached hydrogen (secondary N) is 1. The molecule has 0 aromatic heterocycles. The molecule has 2 aliphatic heterocycles. The molecule has 3 fully saturated rings. The summed E-state index contributed by atoms with van der Waals surface area (Å²) >= 11 is 0. The summed E-state index contributed by atoms with van der Waals surface area (Å²) in [4.78, 5) is 5.38. The predicted molar refractivity (Wildman–Crippen MR) is 62.0 cm³/mol. The molecule has 0 amide bonds. The Labute approximate surface area is 92.8 Å². The monoisotopic (exact) mass is 209 g/mol. The SMILES string of the molecule is CC(C1CC1)N1CCN(C2CNC2)CC1. The number of rotatable bonds is 3. The molecule has 1 N–H and O–H groups in total. The average molecular weight is 209 g/mol. The van der Waals surface area contributed by atoms with E-state index in [-0.39, 0.29) is 0 Å².